The smallest absolute Gasteiger partial charge is 0.410 e. The van der Waals surface area contributed by atoms with Crippen LogP contribution >= 0.6 is 11.3 Å². The van der Waals surface area contributed by atoms with Crippen molar-refractivity contribution in [2.24, 2.45) is 0 Å². The number of hydrogen-bond donors (Lipinski definition) is 2. The second-order valence-corrected chi connectivity index (χ2v) is 6.67. The lowest BCUT2D eigenvalue weighted by Gasteiger charge is -2.05. The molecule has 0 spiro atoms. The van der Waals surface area contributed by atoms with E-state index < -0.39 is 11.8 Å². The van der Waals surface area contributed by atoms with Gasteiger partial charge in [0.2, 0.25) is 0 Å². The molecule has 27 heavy (non-hydrogen) atoms. The average molecular weight is 381 g/mol. The number of benzene rings is 2. The number of aromatic amines is 1. The molecule has 7 nitrogen and oxygen atoms in total. The summed E-state index contributed by atoms with van der Waals surface area (Å²) in [4.78, 5) is 30.2. The van der Waals surface area contributed by atoms with E-state index in [0.29, 0.717) is 29.8 Å². The number of carbonyl (C=O) groups excluding carboxylic acids is 1. The maximum atomic E-state index is 11.8. The van der Waals surface area contributed by atoms with Gasteiger partial charge in [0.25, 0.3) is 0 Å². The molecule has 2 heterocycles. The number of thiazole rings is 1. The van der Waals surface area contributed by atoms with Crippen LogP contribution in [0.25, 0.3) is 22.4 Å². The van der Waals surface area contributed by atoms with Gasteiger partial charge in [0, 0.05) is 23.9 Å². The highest BCUT2D eigenvalue weighted by molar-refractivity contribution is 7.09. The number of aromatic nitrogens is 2. The topological polar surface area (TPSA) is 97.2 Å². The molecule has 4 aromatic rings. The van der Waals surface area contributed by atoms with E-state index in [0.717, 1.165) is 16.3 Å². The molecule has 8 heteroatoms. The molecule has 136 valence electrons. The Hall–Kier alpha value is -3.39. The van der Waals surface area contributed by atoms with Gasteiger partial charge in [-0.2, -0.15) is 0 Å². The number of carbonyl (C=O) groups is 1. The number of oxazole rings is 1. The lowest BCUT2D eigenvalue weighted by atomic mass is 10.1. The summed E-state index contributed by atoms with van der Waals surface area (Å²) < 4.78 is 10.2. The minimum absolute atomic E-state index is 0.421. The van der Waals surface area contributed by atoms with Crippen LogP contribution in [0.1, 0.15) is 5.01 Å². The number of para-hydroxylation sites is 1. The summed E-state index contributed by atoms with van der Waals surface area (Å²) in [5, 5.41) is 5.53. The molecule has 2 aromatic carbocycles. The summed E-state index contributed by atoms with van der Waals surface area (Å²) in [6.45, 7) is 0.421. The molecule has 0 aliphatic rings. The Labute approximate surface area is 157 Å². The van der Waals surface area contributed by atoms with Crippen LogP contribution in [-0.2, 0) is 6.42 Å². The molecule has 0 aliphatic heterocycles. The van der Waals surface area contributed by atoms with Gasteiger partial charge >= 0.3 is 11.8 Å². The standard InChI is InChI=1S/C19H15N3O4S/c23-18(25-13-4-2-1-3-5-13)20-9-8-17-21-15(11-27-17)12-6-7-14-16(10-12)26-19(24)22-14/h1-7,10-11H,8-9H2,(H,20,23)(H,22,24). The van der Waals surface area contributed by atoms with Gasteiger partial charge in [-0.25, -0.2) is 14.6 Å². The van der Waals surface area contributed by atoms with Crippen LogP contribution in [-0.4, -0.2) is 22.6 Å². The molecule has 0 saturated heterocycles. The Morgan fingerprint density at radius 3 is 2.93 bits per heavy atom. The molecule has 0 unspecified atom stereocenters. The SMILES string of the molecule is O=C(NCCc1nc(-c2ccc3[nH]c(=O)oc3c2)cs1)Oc1ccccc1. The zero-order valence-corrected chi connectivity index (χ0v) is 14.9. The van der Waals surface area contributed by atoms with Gasteiger partial charge in [-0.3, -0.25) is 4.98 Å². The lowest BCUT2D eigenvalue weighted by Crippen LogP contribution is -2.28. The fraction of sp³-hybridized carbons (Fsp3) is 0.105. The summed E-state index contributed by atoms with van der Waals surface area (Å²) in [5.41, 5.74) is 2.81. The molecule has 2 N–H and O–H groups in total. The molecule has 1 amide bonds. The number of nitrogens with zero attached hydrogens (tertiary/aromatic N) is 1. The van der Waals surface area contributed by atoms with Crippen molar-refractivity contribution in [1.29, 1.82) is 0 Å². The summed E-state index contributed by atoms with van der Waals surface area (Å²) in [5.74, 6) is 0.0212. The van der Waals surface area contributed by atoms with Crippen molar-refractivity contribution >= 4 is 28.5 Å². The van der Waals surface area contributed by atoms with Gasteiger partial charge in [-0.15, -0.1) is 11.3 Å². The Bertz CT molecular complexity index is 1130. The van der Waals surface area contributed by atoms with Crippen LogP contribution in [0.4, 0.5) is 4.79 Å². The van der Waals surface area contributed by atoms with Crippen LogP contribution in [0.2, 0.25) is 0 Å². The summed E-state index contributed by atoms with van der Waals surface area (Å²) in [7, 11) is 0. The van der Waals surface area contributed by atoms with Gasteiger partial charge < -0.3 is 14.5 Å². The largest absolute Gasteiger partial charge is 0.417 e. The van der Waals surface area contributed by atoms with Crippen LogP contribution in [0.3, 0.4) is 0 Å². The molecule has 0 atom stereocenters. The number of amides is 1. The molecular weight excluding hydrogens is 366 g/mol. The number of nitrogens with one attached hydrogen (secondary N) is 2. The Balaban J connectivity index is 1.35. The van der Waals surface area contributed by atoms with Crippen molar-refractivity contribution in [1.82, 2.24) is 15.3 Å². The number of hydrogen-bond acceptors (Lipinski definition) is 6. The molecule has 0 saturated carbocycles. The molecule has 0 bridgehead atoms. The highest BCUT2D eigenvalue weighted by Crippen LogP contribution is 2.25. The van der Waals surface area contributed by atoms with E-state index in [2.05, 4.69) is 15.3 Å². The third-order valence-corrected chi connectivity index (χ3v) is 4.74. The summed E-state index contributed by atoms with van der Waals surface area (Å²) >= 11 is 1.51. The first kappa shape index (κ1) is 17.0. The van der Waals surface area contributed by atoms with Crippen LogP contribution in [0.15, 0.2) is 63.1 Å². The van der Waals surface area contributed by atoms with Crippen molar-refractivity contribution < 1.29 is 13.9 Å². The first-order valence-electron chi connectivity index (χ1n) is 8.26. The van der Waals surface area contributed by atoms with Gasteiger partial charge in [0.15, 0.2) is 5.58 Å². The third-order valence-electron chi connectivity index (χ3n) is 3.83. The first-order valence-corrected chi connectivity index (χ1v) is 9.14. The Kier molecular flexibility index (Phi) is 4.71. The van der Waals surface area contributed by atoms with E-state index >= 15 is 0 Å². The monoisotopic (exact) mass is 381 g/mol. The number of rotatable bonds is 5. The van der Waals surface area contributed by atoms with Crippen molar-refractivity contribution in [2.45, 2.75) is 6.42 Å². The molecule has 4 rings (SSSR count). The van der Waals surface area contributed by atoms with Gasteiger partial charge in [0.05, 0.1) is 16.2 Å². The molecular formula is C19H15N3O4S. The van der Waals surface area contributed by atoms with E-state index in [9.17, 15) is 9.59 Å². The highest BCUT2D eigenvalue weighted by atomic mass is 32.1. The molecule has 0 radical (unpaired) electrons. The van der Waals surface area contributed by atoms with Crippen LogP contribution in [0.5, 0.6) is 5.75 Å². The predicted octanol–water partition coefficient (Wildman–Crippen LogP) is 3.58. The summed E-state index contributed by atoms with van der Waals surface area (Å²) in [6, 6.07) is 14.3. The zero-order chi connectivity index (χ0) is 18.6. The zero-order valence-electron chi connectivity index (χ0n) is 14.1. The van der Waals surface area contributed by atoms with E-state index in [-0.39, 0.29) is 0 Å². The maximum absolute atomic E-state index is 11.8. The second kappa shape index (κ2) is 7.46. The fourth-order valence-corrected chi connectivity index (χ4v) is 3.37. The molecule has 2 aromatic heterocycles. The normalized spacial score (nSPS) is 10.8. The van der Waals surface area contributed by atoms with Gasteiger partial charge in [-0.1, -0.05) is 24.3 Å². The first-order chi connectivity index (χ1) is 13.2. The van der Waals surface area contributed by atoms with E-state index in [4.69, 9.17) is 9.15 Å². The Morgan fingerprint density at radius 2 is 2.07 bits per heavy atom. The van der Waals surface area contributed by atoms with Crippen molar-refractivity contribution in [3.63, 3.8) is 0 Å². The van der Waals surface area contributed by atoms with Crippen LogP contribution in [0, 0.1) is 0 Å². The number of fused-ring (bicyclic) bond motifs is 1. The van der Waals surface area contributed by atoms with E-state index in [1.54, 1.807) is 36.4 Å². The number of H-pyrrole nitrogens is 1. The van der Waals surface area contributed by atoms with Gasteiger partial charge in [-0.05, 0) is 24.3 Å². The molecule has 0 aliphatic carbocycles. The van der Waals surface area contributed by atoms with E-state index in [1.807, 2.05) is 17.5 Å². The third kappa shape index (κ3) is 4.06. The molecule has 0 fully saturated rings. The van der Waals surface area contributed by atoms with Crippen molar-refractivity contribution in [3.05, 3.63) is 69.5 Å². The second-order valence-electron chi connectivity index (χ2n) is 5.73. The number of ether oxygens (including phenoxy) is 1. The highest BCUT2D eigenvalue weighted by Gasteiger charge is 2.09. The summed E-state index contributed by atoms with van der Waals surface area (Å²) in [6.07, 6.45) is 0.0988. The van der Waals surface area contributed by atoms with Gasteiger partial charge in [0.1, 0.15) is 5.75 Å². The lowest BCUT2D eigenvalue weighted by molar-refractivity contribution is 0.200. The average Bonchev–Trinajstić information content (AvgIpc) is 3.27. The predicted molar refractivity (Wildman–Crippen MR) is 102 cm³/mol. The minimum atomic E-state index is -0.495. The maximum Gasteiger partial charge on any atom is 0.417 e. The van der Waals surface area contributed by atoms with Crippen molar-refractivity contribution in [3.8, 4) is 17.0 Å². The minimum Gasteiger partial charge on any atom is -0.410 e. The van der Waals surface area contributed by atoms with Crippen molar-refractivity contribution in [2.75, 3.05) is 6.54 Å². The van der Waals surface area contributed by atoms with Crippen LogP contribution < -0.4 is 15.8 Å². The quantitative estimate of drug-likeness (QED) is 0.551. The fourth-order valence-electron chi connectivity index (χ4n) is 2.57. The Morgan fingerprint density at radius 1 is 1.22 bits per heavy atom. The van der Waals surface area contributed by atoms with E-state index in [1.165, 1.54) is 11.3 Å².